The van der Waals surface area contributed by atoms with Gasteiger partial charge in [0, 0.05) is 6.42 Å². The Labute approximate surface area is 260 Å². The van der Waals surface area contributed by atoms with Gasteiger partial charge in [-0.1, -0.05) is 70.4 Å². The van der Waals surface area contributed by atoms with Crippen molar-refractivity contribution in [3.8, 4) is 5.75 Å². The summed E-state index contributed by atoms with van der Waals surface area (Å²) in [5.41, 5.74) is 5.89. The number of benzene rings is 1. The zero-order valence-electron chi connectivity index (χ0n) is 25.0. The van der Waals surface area contributed by atoms with Crippen molar-refractivity contribution in [2.45, 2.75) is 95.7 Å². The van der Waals surface area contributed by atoms with E-state index in [1.165, 1.54) is 67.2 Å². The van der Waals surface area contributed by atoms with Crippen LogP contribution in [0.4, 0.5) is 10.2 Å². The van der Waals surface area contributed by atoms with Crippen LogP contribution in [0.3, 0.4) is 0 Å². The van der Waals surface area contributed by atoms with Gasteiger partial charge in [-0.15, -0.1) is 0 Å². The first-order chi connectivity index (χ1) is 21.6. The minimum atomic E-state index is -4.75. The normalized spacial score (nSPS) is 20.0. The van der Waals surface area contributed by atoms with E-state index in [1.54, 1.807) is 4.72 Å². The molecule has 3 aromatic rings. The molecule has 16 heteroatoms. The number of aromatic nitrogens is 4. The zero-order valence-corrected chi connectivity index (χ0v) is 25.8. The molecule has 45 heavy (non-hydrogen) atoms. The molecule has 0 radical (unpaired) electrons. The lowest BCUT2D eigenvalue weighted by molar-refractivity contribution is -0.154. The van der Waals surface area contributed by atoms with Crippen LogP contribution in [0.15, 0.2) is 36.9 Å². The van der Waals surface area contributed by atoms with E-state index in [2.05, 4.69) is 21.9 Å². The number of carbonyl (C=O) groups is 2. The number of phenols is 1. The van der Waals surface area contributed by atoms with Crippen molar-refractivity contribution < 1.29 is 41.2 Å². The molecule has 1 fully saturated rings. The lowest BCUT2D eigenvalue weighted by Gasteiger charge is -2.19. The molecular formula is C29H39FN6O8S. The number of esters is 1. The summed E-state index contributed by atoms with van der Waals surface area (Å²) in [6.07, 6.45) is 5.49. The Morgan fingerprint density at radius 3 is 2.47 bits per heavy atom. The second-order valence-electron chi connectivity index (χ2n) is 10.8. The number of aromatic hydroxyl groups is 1. The highest BCUT2D eigenvalue weighted by atomic mass is 32.2. The van der Waals surface area contributed by atoms with Crippen LogP contribution in [-0.2, 0) is 28.8 Å². The fraction of sp³-hybridized carbons (Fsp3) is 0.552. The highest BCUT2D eigenvalue weighted by Gasteiger charge is 2.49. The molecule has 246 valence electrons. The smallest absolute Gasteiger partial charge is 0.362 e. The molecule has 4 rings (SSSR count). The first-order valence-electron chi connectivity index (χ1n) is 15.0. The molecule has 0 unspecified atom stereocenters. The van der Waals surface area contributed by atoms with Crippen LogP contribution in [0, 0.1) is 0 Å². The van der Waals surface area contributed by atoms with E-state index >= 15 is 4.39 Å². The fourth-order valence-corrected chi connectivity index (χ4v) is 5.77. The number of carbonyl (C=O) groups excluding carboxylic acids is 2. The molecule has 2 aromatic heterocycles. The number of rotatable bonds is 17. The van der Waals surface area contributed by atoms with Crippen molar-refractivity contribution in [3.63, 3.8) is 0 Å². The molecule has 4 atom stereocenters. The zero-order chi connectivity index (χ0) is 32.4. The Balaban J connectivity index is 1.40. The minimum Gasteiger partial charge on any atom is -0.507 e. The SMILES string of the molecule is CCCCCCCCCCCC(=O)O[C@H]1[C@@H](F)[C@H](n2cnc3c(N)ncnc32)O[C@@H]1COS(=O)(=O)NC(=O)c1ccccc1O. The van der Waals surface area contributed by atoms with Gasteiger partial charge in [0.2, 0.25) is 0 Å². The van der Waals surface area contributed by atoms with Gasteiger partial charge in [-0.3, -0.25) is 18.3 Å². The molecule has 1 saturated heterocycles. The summed E-state index contributed by atoms with van der Waals surface area (Å²) in [6, 6.07) is 5.32. The number of unbranched alkanes of at least 4 members (excludes halogenated alkanes) is 8. The van der Waals surface area contributed by atoms with Crippen LogP contribution in [0.2, 0.25) is 0 Å². The average Bonchev–Trinajstić information content (AvgIpc) is 3.56. The number of nitrogens with one attached hydrogen (secondary N) is 1. The molecule has 3 heterocycles. The summed E-state index contributed by atoms with van der Waals surface area (Å²) >= 11 is 0. The number of hydrogen-bond donors (Lipinski definition) is 3. The Bertz CT molecular complexity index is 1550. The molecule has 0 bridgehead atoms. The Hall–Kier alpha value is -3.89. The van der Waals surface area contributed by atoms with Gasteiger partial charge in [-0.25, -0.2) is 24.1 Å². The van der Waals surface area contributed by atoms with E-state index in [-0.39, 0.29) is 29.0 Å². The standard InChI is InChI=1S/C29H39FN6O8S/c1-2-3-4-5-6-7-8-9-10-15-22(38)44-25-21(16-42-45(40,41)35-28(39)19-13-11-12-14-20(19)37)43-29(23(25)30)36-18-34-24-26(31)32-17-33-27(24)36/h11-14,17-18,21,23,25,29,37H,2-10,15-16H2,1H3,(H,35,39)(H2,31,32,33)/t21-,23-,25-,29-/m1/s1. The summed E-state index contributed by atoms with van der Waals surface area (Å²) in [4.78, 5) is 37.2. The number of nitrogen functional groups attached to an aromatic ring is 1. The van der Waals surface area contributed by atoms with Gasteiger partial charge in [-0.05, 0) is 18.6 Å². The van der Waals surface area contributed by atoms with E-state index in [0.29, 0.717) is 6.42 Å². The number of phenolic OH excluding ortho intramolecular Hbond substituents is 1. The lowest BCUT2D eigenvalue weighted by atomic mass is 10.1. The van der Waals surface area contributed by atoms with Crippen LogP contribution in [0.5, 0.6) is 5.75 Å². The molecule has 1 aliphatic heterocycles. The number of fused-ring (bicyclic) bond motifs is 1. The summed E-state index contributed by atoms with van der Waals surface area (Å²) < 4.78 is 60.2. The van der Waals surface area contributed by atoms with Gasteiger partial charge >= 0.3 is 16.3 Å². The largest absolute Gasteiger partial charge is 0.507 e. The van der Waals surface area contributed by atoms with E-state index in [1.807, 2.05) is 0 Å². The average molecular weight is 651 g/mol. The van der Waals surface area contributed by atoms with E-state index in [9.17, 15) is 23.1 Å². The molecule has 14 nitrogen and oxygen atoms in total. The quantitative estimate of drug-likeness (QED) is 0.141. The topological polar surface area (TPSA) is 198 Å². The maximum atomic E-state index is 15.9. The number of ether oxygens (including phenoxy) is 2. The molecular weight excluding hydrogens is 611 g/mol. The third-order valence-corrected chi connectivity index (χ3v) is 8.32. The van der Waals surface area contributed by atoms with Crippen molar-refractivity contribution >= 4 is 39.2 Å². The number of amides is 1. The first-order valence-corrected chi connectivity index (χ1v) is 16.4. The maximum Gasteiger partial charge on any atom is 0.362 e. The van der Waals surface area contributed by atoms with Crippen molar-refractivity contribution in [1.29, 1.82) is 0 Å². The van der Waals surface area contributed by atoms with Gasteiger partial charge in [0.25, 0.3) is 5.91 Å². The van der Waals surface area contributed by atoms with Gasteiger partial charge in [0.05, 0.1) is 18.5 Å². The predicted octanol–water partition coefficient (Wildman–Crippen LogP) is 3.87. The molecule has 0 saturated carbocycles. The molecule has 1 amide bonds. The highest BCUT2D eigenvalue weighted by Crippen LogP contribution is 2.36. The van der Waals surface area contributed by atoms with Crippen molar-refractivity contribution in [3.05, 3.63) is 42.5 Å². The second-order valence-corrected chi connectivity index (χ2v) is 12.2. The third kappa shape index (κ3) is 9.08. The van der Waals surface area contributed by atoms with Crippen molar-refractivity contribution in [1.82, 2.24) is 24.2 Å². The van der Waals surface area contributed by atoms with Gasteiger partial charge in [0.1, 0.15) is 23.7 Å². The lowest BCUT2D eigenvalue weighted by Crippen LogP contribution is -2.39. The van der Waals surface area contributed by atoms with Gasteiger partial charge in [0.15, 0.2) is 30.0 Å². The van der Waals surface area contributed by atoms with E-state index in [0.717, 1.165) is 25.7 Å². The summed E-state index contributed by atoms with van der Waals surface area (Å²) in [7, 11) is -4.75. The Morgan fingerprint density at radius 2 is 1.76 bits per heavy atom. The molecule has 1 aromatic carbocycles. The molecule has 0 aliphatic carbocycles. The first kappa shape index (κ1) is 34.0. The predicted molar refractivity (Wildman–Crippen MR) is 161 cm³/mol. The molecule has 4 N–H and O–H groups in total. The van der Waals surface area contributed by atoms with Gasteiger partial charge < -0.3 is 20.3 Å². The number of alkyl halides is 1. The van der Waals surface area contributed by atoms with Crippen LogP contribution < -0.4 is 10.5 Å². The maximum absolute atomic E-state index is 15.9. The summed E-state index contributed by atoms with van der Waals surface area (Å²) in [5, 5.41) is 9.85. The van der Waals surface area contributed by atoms with Crippen LogP contribution in [0.25, 0.3) is 11.2 Å². The van der Waals surface area contributed by atoms with E-state index in [4.69, 9.17) is 19.4 Å². The van der Waals surface area contributed by atoms with E-state index < -0.39 is 59.1 Å². The highest BCUT2D eigenvalue weighted by molar-refractivity contribution is 7.85. The number of para-hydroxylation sites is 1. The second kappa shape index (κ2) is 15.9. The monoisotopic (exact) mass is 650 g/mol. The number of nitrogens with two attached hydrogens (primary N) is 1. The van der Waals surface area contributed by atoms with Gasteiger partial charge in [-0.2, -0.15) is 8.42 Å². The minimum absolute atomic E-state index is 0.0456. The third-order valence-electron chi connectivity index (χ3n) is 7.43. The molecule has 0 spiro atoms. The number of halogens is 1. The number of anilines is 1. The number of nitrogens with zero attached hydrogens (tertiary/aromatic N) is 4. The summed E-state index contributed by atoms with van der Waals surface area (Å²) in [6.45, 7) is 1.36. The number of imidazole rings is 1. The van der Waals surface area contributed by atoms with Crippen LogP contribution in [0.1, 0.15) is 87.7 Å². The molecule has 1 aliphatic rings. The Morgan fingerprint density at radius 1 is 1.07 bits per heavy atom. The van der Waals surface area contributed by atoms with Crippen molar-refractivity contribution in [2.75, 3.05) is 12.3 Å². The summed E-state index contributed by atoms with van der Waals surface area (Å²) in [5.74, 6) is -2.20. The number of hydrogen-bond acceptors (Lipinski definition) is 12. The van der Waals surface area contributed by atoms with Crippen LogP contribution in [-0.4, -0.2) is 69.9 Å². The Kier molecular flexibility index (Phi) is 12.0. The van der Waals surface area contributed by atoms with Crippen LogP contribution >= 0.6 is 0 Å². The fourth-order valence-electron chi connectivity index (χ4n) is 5.06. The van der Waals surface area contributed by atoms with Crippen molar-refractivity contribution in [2.24, 2.45) is 0 Å².